The first-order valence-corrected chi connectivity index (χ1v) is 6.30. The first-order valence-electron chi connectivity index (χ1n) is 6.30. The normalized spacial score (nSPS) is 12.6. The zero-order valence-corrected chi connectivity index (χ0v) is 11.3. The van der Waals surface area contributed by atoms with Gasteiger partial charge in [0.15, 0.2) is 17.5 Å². The van der Waals surface area contributed by atoms with Crippen molar-refractivity contribution in [3.63, 3.8) is 0 Å². The number of benzene rings is 1. The second-order valence-electron chi connectivity index (χ2n) is 4.84. The molecule has 19 heavy (non-hydrogen) atoms. The predicted octanol–water partition coefficient (Wildman–Crippen LogP) is 3.89. The fourth-order valence-electron chi connectivity index (χ4n) is 2.11. The van der Waals surface area contributed by atoms with E-state index in [0.29, 0.717) is 12.8 Å². The summed E-state index contributed by atoms with van der Waals surface area (Å²) < 4.78 is 39.4. The fourth-order valence-corrected chi connectivity index (χ4v) is 2.11. The molecule has 0 spiro atoms. The lowest BCUT2D eigenvalue weighted by atomic mass is 9.97. The molecule has 0 saturated carbocycles. The van der Waals surface area contributed by atoms with Crippen LogP contribution in [0.5, 0.6) is 0 Å². The molecule has 1 aromatic rings. The Bertz CT molecular complexity index is 425. The molecule has 106 valence electrons. The smallest absolute Gasteiger partial charge is 0.214 e. The maximum absolute atomic E-state index is 13.2. The molecule has 0 heterocycles. The van der Waals surface area contributed by atoms with Gasteiger partial charge in [0.2, 0.25) is 6.41 Å². The third-order valence-electron chi connectivity index (χ3n) is 3.09. The average Bonchev–Trinajstić information content (AvgIpc) is 2.35. The highest BCUT2D eigenvalue weighted by molar-refractivity contribution is 5.76. The number of carbonyl (C=O) groups excluding carboxylic acids is 1. The minimum atomic E-state index is -1.52. The van der Waals surface area contributed by atoms with E-state index in [1.807, 2.05) is 20.8 Å². The van der Waals surface area contributed by atoms with Crippen LogP contribution >= 0.6 is 0 Å². The number of nitrogens with zero attached hydrogens (tertiary/aromatic N) is 1. The van der Waals surface area contributed by atoms with Crippen LogP contribution in [0.2, 0.25) is 0 Å². The summed E-state index contributed by atoms with van der Waals surface area (Å²) in [5.74, 6) is -3.98. The van der Waals surface area contributed by atoms with Crippen LogP contribution in [-0.4, -0.2) is 12.5 Å². The van der Waals surface area contributed by atoms with Gasteiger partial charge in [0, 0.05) is 23.9 Å². The Morgan fingerprint density at radius 3 is 2.11 bits per heavy atom. The van der Waals surface area contributed by atoms with E-state index in [1.165, 1.54) is 4.90 Å². The van der Waals surface area contributed by atoms with Crippen LogP contribution in [-0.2, 0) is 4.79 Å². The summed E-state index contributed by atoms with van der Waals surface area (Å²) in [5, 5.41) is 0. The van der Waals surface area contributed by atoms with E-state index in [0.717, 1.165) is 18.6 Å². The van der Waals surface area contributed by atoms with Crippen molar-refractivity contribution in [2.45, 2.75) is 39.7 Å². The van der Waals surface area contributed by atoms with Crippen LogP contribution in [0.15, 0.2) is 12.1 Å². The fraction of sp³-hybridized carbons (Fsp3) is 0.500. The van der Waals surface area contributed by atoms with Crippen LogP contribution < -0.4 is 4.90 Å². The molecule has 0 radical (unpaired) electrons. The molecule has 5 heteroatoms. The number of hydrogen-bond donors (Lipinski definition) is 0. The van der Waals surface area contributed by atoms with Crippen molar-refractivity contribution in [1.29, 1.82) is 0 Å². The number of anilines is 1. The van der Waals surface area contributed by atoms with E-state index < -0.39 is 17.5 Å². The number of hydrogen-bond acceptors (Lipinski definition) is 1. The summed E-state index contributed by atoms with van der Waals surface area (Å²) in [7, 11) is 0. The molecule has 1 atom stereocenters. The molecule has 1 unspecified atom stereocenters. The second-order valence-corrected chi connectivity index (χ2v) is 4.84. The van der Waals surface area contributed by atoms with Gasteiger partial charge in [-0.25, -0.2) is 13.2 Å². The highest BCUT2D eigenvalue weighted by Gasteiger charge is 2.23. The van der Waals surface area contributed by atoms with Crippen molar-refractivity contribution in [2.24, 2.45) is 5.92 Å². The van der Waals surface area contributed by atoms with E-state index in [1.54, 1.807) is 0 Å². The SMILES string of the molecule is CCCC(C(C)C)N(C=O)c1cc(F)c(F)c(F)c1. The van der Waals surface area contributed by atoms with Gasteiger partial charge in [-0.2, -0.15) is 0 Å². The third kappa shape index (κ3) is 3.49. The van der Waals surface area contributed by atoms with Gasteiger partial charge in [0.25, 0.3) is 0 Å². The first kappa shape index (κ1) is 15.5. The molecule has 1 rings (SSSR count). The zero-order valence-electron chi connectivity index (χ0n) is 11.3. The largest absolute Gasteiger partial charge is 0.311 e. The molecule has 0 aliphatic heterocycles. The van der Waals surface area contributed by atoms with E-state index in [-0.39, 0.29) is 17.6 Å². The molecule has 1 aromatic carbocycles. The molecule has 1 amide bonds. The Kier molecular flexibility index (Phi) is 5.39. The molecule has 0 aliphatic rings. The quantitative estimate of drug-likeness (QED) is 0.568. The minimum Gasteiger partial charge on any atom is -0.311 e. The van der Waals surface area contributed by atoms with E-state index >= 15 is 0 Å². The summed E-state index contributed by atoms with van der Waals surface area (Å²) >= 11 is 0. The molecule has 0 saturated heterocycles. The highest BCUT2D eigenvalue weighted by Crippen LogP contribution is 2.26. The van der Waals surface area contributed by atoms with Gasteiger partial charge < -0.3 is 4.90 Å². The topological polar surface area (TPSA) is 20.3 Å². The molecule has 0 aromatic heterocycles. The van der Waals surface area contributed by atoms with E-state index in [4.69, 9.17) is 0 Å². The van der Waals surface area contributed by atoms with Gasteiger partial charge in [-0.05, 0) is 12.3 Å². The molecule has 2 nitrogen and oxygen atoms in total. The van der Waals surface area contributed by atoms with Crippen LogP contribution in [0.25, 0.3) is 0 Å². The lowest BCUT2D eigenvalue weighted by Gasteiger charge is -2.31. The Hall–Kier alpha value is -1.52. The number of halogens is 3. The summed E-state index contributed by atoms with van der Waals surface area (Å²) in [5.41, 5.74) is 0.0403. The maximum Gasteiger partial charge on any atom is 0.214 e. The summed E-state index contributed by atoms with van der Waals surface area (Å²) in [6.07, 6.45) is 2.07. The average molecular weight is 273 g/mol. The predicted molar refractivity (Wildman–Crippen MR) is 68.4 cm³/mol. The standard InChI is InChI=1S/C14H18F3NO/c1-4-5-13(9(2)3)18(8-19)10-6-11(15)14(17)12(16)7-10/h6-9,13H,4-5H2,1-3H3. The molecule has 0 fully saturated rings. The van der Waals surface area contributed by atoms with Crippen molar-refractivity contribution < 1.29 is 18.0 Å². The summed E-state index contributed by atoms with van der Waals surface area (Å²) in [6, 6.07) is 1.52. The lowest BCUT2D eigenvalue weighted by Crippen LogP contribution is -2.38. The van der Waals surface area contributed by atoms with Crippen molar-refractivity contribution in [3.8, 4) is 0 Å². The third-order valence-corrected chi connectivity index (χ3v) is 3.09. The van der Waals surface area contributed by atoms with Crippen molar-refractivity contribution in [3.05, 3.63) is 29.6 Å². The van der Waals surface area contributed by atoms with Crippen molar-refractivity contribution in [2.75, 3.05) is 4.90 Å². The summed E-state index contributed by atoms with van der Waals surface area (Å²) in [6.45, 7) is 5.81. The van der Waals surface area contributed by atoms with Gasteiger partial charge in [-0.15, -0.1) is 0 Å². The highest BCUT2D eigenvalue weighted by atomic mass is 19.2. The maximum atomic E-state index is 13.2. The summed E-state index contributed by atoms with van der Waals surface area (Å²) in [4.78, 5) is 12.5. The Labute approximate surface area is 111 Å². The van der Waals surface area contributed by atoms with E-state index in [9.17, 15) is 18.0 Å². The monoisotopic (exact) mass is 273 g/mol. The Morgan fingerprint density at radius 2 is 1.74 bits per heavy atom. The molecular formula is C14H18F3NO. The van der Waals surface area contributed by atoms with Gasteiger partial charge in [0.1, 0.15) is 0 Å². The van der Waals surface area contributed by atoms with Crippen LogP contribution in [0.4, 0.5) is 18.9 Å². The van der Waals surface area contributed by atoms with Gasteiger partial charge in [-0.3, -0.25) is 4.79 Å². The second kappa shape index (κ2) is 6.59. The Morgan fingerprint density at radius 1 is 1.21 bits per heavy atom. The Balaban J connectivity index is 3.18. The van der Waals surface area contributed by atoms with Crippen LogP contribution in [0, 0.1) is 23.4 Å². The molecule has 0 aliphatic carbocycles. The minimum absolute atomic E-state index is 0.0403. The first-order chi connectivity index (χ1) is 8.92. The van der Waals surface area contributed by atoms with Crippen molar-refractivity contribution in [1.82, 2.24) is 0 Å². The number of carbonyl (C=O) groups is 1. The lowest BCUT2D eigenvalue weighted by molar-refractivity contribution is -0.108. The van der Waals surface area contributed by atoms with Gasteiger partial charge in [-0.1, -0.05) is 27.2 Å². The van der Waals surface area contributed by atoms with Crippen LogP contribution in [0.1, 0.15) is 33.6 Å². The molecule has 0 N–H and O–H groups in total. The van der Waals surface area contributed by atoms with Gasteiger partial charge in [0.05, 0.1) is 0 Å². The van der Waals surface area contributed by atoms with Gasteiger partial charge >= 0.3 is 0 Å². The number of rotatable bonds is 6. The zero-order chi connectivity index (χ0) is 14.6. The van der Waals surface area contributed by atoms with Crippen LogP contribution in [0.3, 0.4) is 0 Å². The van der Waals surface area contributed by atoms with E-state index in [2.05, 4.69) is 0 Å². The van der Waals surface area contributed by atoms with Crippen molar-refractivity contribution >= 4 is 12.1 Å². The molecular weight excluding hydrogens is 255 g/mol. The number of amides is 1. The molecule has 0 bridgehead atoms.